The van der Waals surface area contributed by atoms with E-state index in [2.05, 4.69) is 15.3 Å². The van der Waals surface area contributed by atoms with Crippen LogP contribution in [0.1, 0.15) is 11.4 Å². The van der Waals surface area contributed by atoms with Gasteiger partial charge in [0.1, 0.15) is 5.82 Å². The number of nitrogens with zero attached hydrogens (tertiary/aromatic N) is 1. The van der Waals surface area contributed by atoms with Gasteiger partial charge in [0.05, 0.1) is 17.5 Å². The molecule has 0 aliphatic carbocycles. The second-order valence-electron chi connectivity index (χ2n) is 5.22. The van der Waals surface area contributed by atoms with Crippen LogP contribution < -0.4 is 11.1 Å². The molecule has 0 bridgehead atoms. The number of nitrogens with one attached hydrogen (secondary N) is 2. The van der Waals surface area contributed by atoms with Gasteiger partial charge in [0.2, 0.25) is 5.91 Å². The number of aromatic amines is 1. The smallest absolute Gasteiger partial charge is 0.224 e. The summed E-state index contributed by atoms with van der Waals surface area (Å²) in [6, 6.07) is 15.2. The standard InChI is InChI=1S/C17H18N4O/c18-13-7-5-12(6-8-13)11-17(22)19-10-9-16-20-14-3-1-2-4-15(14)21-16/h1-8H,9-11,18H2,(H,19,22)(H,20,21). The molecular weight excluding hydrogens is 276 g/mol. The first-order valence-corrected chi connectivity index (χ1v) is 7.25. The number of imidazole rings is 1. The van der Waals surface area contributed by atoms with Gasteiger partial charge in [-0.25, -0.2) is 4.98 Å². The highest BCUT2D eigenvalue weighted by Gasteiger charge is 2.05. The number of nitrogen functional groups attached to an aromatic ring is 1. The number of fused-ring (bicyclic) bond motifs is 1. The molecule has 2 aromatic carbocycles. The Labute approximate surface area is 128 Å². The fraction of sp³-hybridized carbons (Fsp3) is 0.176. The molecule has 0 aliphatic heterocycles. The first-order chi connectivity index (χ1) is 10.7. The van der Waals surface area contributed by atoms with Crippen LogP contribution in [-0.4, -0.2) is 22.4 Å². The monoisotopic (exact) mass is 294 g/mol. The lowest BCUT2D eigenvalue weighted by Crippen LogP contribution is -2.27. The molecule has 0 saturated heterocycles. The Bertz CT molecular complexity index is 744. The third-order valence-corrected chi connectivity index (χ3v) is 3.47. The number of benzene rings is 2. The van der Waals surface area contributed by atoms with Crippen LogP contribution in [0.25, 0.3) is 11.0 Å². The minimum Gasteiger partial charge on any atom is -0.399 e. The molecule has 3 aromatic rings. The topological polar surface area (TPSA) is 83.8 Å². The van der Waals surface area contributed by atoms with Crippen LogP contribution in [0.4, 0.5) is 5.69 Å². The lowest BCUT2D eigenvalue weighted by molar-refractivity contribution is -0.120. The van der Waals surface area contributed by atoms with Crippen molar-refractivity contribution in [2.45, 2.75) is 12.8 Å². The molecule has 22 heavy (non-hydrogen) atoms. The molecule has 0 aliphatic rings. The Morgan fingerprint density at radius 1 is 1.14 bits per heavy atom. The van der Waals surface area contributed by atoms with Crippen LogP contribution >= 0.6 is 0 Å². The van der Waals surface area contributed by atoms with E-state index in [9.17, 15) is 4.79 Å². The highest BCUT2D eigenvalue weighted by atomic mass is 16.1. The van der Waals surface area contributed by atoms with Crippen molar-refractivity contribution >= 4 is 22.6 Å². The van der Waals surface area contributed by atoms with Crippen molar-refractivity contribution in [2.24, 2.45) is 0 Å². The summed E-state index contributed by atoms with van der Waals surface area (Å²) >= 11 is 0. The third kappa shape index (κ3) is 3.44. The Hall–Kier alpha value is -2.82. The number of para-hydroxylation sites is 2. The third-order valence-electron chi connectivity index (χ3n) is 3.47. The Morgan fingerprint density at radius 2 is 1.91 bits per heavy atom. The average molecular weight is 294 g/mol. The largest absolute Gasteiger partial charge is 0.399 e. The number of aromatic nitrogens is 2. The van der Waals surface area contributed by atoms with Gasteiger partial charge >= 0.3 is 0 Å². The molecule has 1 amide bonds. The first-order valence-electron chi connectivity index (χ1n) is 7.25. The Balaban J connectivity index is 1.49. The van der Waals surface area contributed by atoms with Crippen LogP contribution in [0.2, 0.25) is 0 Å². The summed E-state index contributed by atoms with van der Waals surface area (Å²) in [6.45, 7) is 0.563. The molecule has 3 rings (SSSR count). The zero-order valence-electron chi connectivity index (χ0n) is 12.2. The number of carbonyl (C=O) groups excluding carboxylic acids is 1. The van der Waals surface area contributed by atoms with Crippen molar-refractivity contribution in [1.29, 1.82) is 0 Å². The average Bonchev–Trinajstić information content (AvgIpc) is 2.92. The van der Waals surface area contributed by atoms with Crippen LogP contribution in [0.15, 0.2) is 48.5 Å². The maximum atomic E-state index is 11.9. The SMILES string of the molecule is Nc1ccc(CC(=O)NCCc2nc3ccccc3[nH]2)cc1. The first kappa shape index (κ1) is 14.1. The van der Waals surface area contributed by atoms with Crippen LogP contribution in [-0.2, 0) is 17.6 Å². The summed E-state index contributed by atoms with van der Waals surface area (Å²) in [5.41, 5.74) is 9.25. The molecule has 0 unspecified atom stereocenters. The quantitative estimate of drug-likeness (QED) is 0.630. The van der Waals surface area contributed by atoms with E-state index in [1.54, 1.807) is 12.1 Å². The fourth-order valence-electron chi connectivity index (χ4n) is 2.33. The number of rotatable bonds is 5. The molecule has 0 radical (unpaired) electrons. The summed E-state index contributed by atoms with van der Waals surface area (Å²) in [6.07, 6.45) is 1.04. The molecule has 1 heterocycles. The van der Waals surface area contributed by atoms with Gasteiger partial charge in [-0.1, -0.05) is 24.3 Å². The summed E-state index contributed by atoms with van der Waals surface area (Å²) in [7, 11) is 0. The molecule has 1 aromatic heterocycles. The highest BCUT2D eigenvalue weighted by molar-refractivity contribution is 5.78. The van der Waals surface area contributed by atoms with E-state index in [1.807, 2.05) is 36.4 Å². The highest BCUT2D eigenvalue weighted by Crippen LogP contribution is 2.10. The van der Waals surface area contributed by atoms with Crippen molar-refractivity contribution in [1.82, 2.24) is 15.3 Å². The number of anilines is 1. The van der Waals surface area contributed by atoms with E-state index in [-0.39, 0.29) is 5.91 Å². The second-order valence-corrected chi connectivity index (χ2v) is 5.22. The molecule has 4 N–H and O–H groups in total. The fourth-order valence-corrected chi connectivity index (χ4v) is 2.33. The number of hydrogen-bond donors (Lipinski definition) is 3. The van der Waals surface area contributed by atoms with E-state index >= 15 is 0 Å². The minimum atomic E-state index is 0.000817. The maximum absolute atomic E-state index is 11.9. The zero-order valence-corrected chi connectivity index (χ0v) is 12.2. The molecule has 0 spiro atoms. The predicted octanol–water partition coefficient (Wildman–Crippen LogP) is 2.05. The van der Waals surface area contributed by atoms with Crippen molar-refractivity contribution < 1.29 is 4.79 Å². The van der Waals surface area contributed by atoms with Gasteiger partial charge in [-0.3, -0.25) is 4.79 Å². The predicted molar refractivity (Wildman–Crippen MR) is 87.4 cm³/mol. The van der Waals surface area contributed by atoms with Gasteiger partial charge in [-0.2, -0.15) is 0 Å². The van der Waals surface area contributed by atoms with Gasteiger partial charge in [0.25, 0.3) is 0 Å². The molecular formula is C17H18N4O. The van der Waals surface area contributed by atoms with E-state index < -0.39 is 0 Å². The van der Waals surface area contributed by atoms with E-state index in [4.69, 9.17) is 5.73 Å². The van der Waals surface area contributed by atoms with Crippen LogP contribution in [0, 0.1) is 0 Å². The number of carbonyl (C=O) groups is 1. The minimum absolute atomic E-state index is 0.000817. The van der Waals surface area contributed by atoms with Gasteiger partial charge in [0.15, 0.2) is 0 Å². The van der Waals surface area contributed by atoms with Crippen molar-refractivity contribution in [3.8, 4) is 0 Å². The molecule has 0 fully saturated rings. The summed E-state index contributed by atoms with van der Waals surface area (Å²) < 4.78 is 0. The van der Waals surface area contributed by atoms with E-state index in [1.165, 1.54) is 0 Å². The summed E-state index contributed by atoms with van der Waals surface area (Å²) in [5.74, 6) is 0.884. The van der Waals surface area contributed by atoms with Crippen molar-refractivity contribution in [3.05, 3.63) is 59.9 Å². The zero-order chi connectivity index (χ0) is 15.4. The van der Waals surface area contributed by atoms with Crippen LogP contribution in [0.5, 0.6) is 0 Å². The Kier molecular flexibility index (Phi) is 4.05. The van der Waals surface area contributed by atoms with Crippen LogP contribution in [0.3, 0.4) is 0 Å². The second kappa shape index (κ2) is 6.30. The van der Waals surface area contributed by atoms with E-state index in [0.717, 1.165) is 22.4 Å². The molecule has 5 nitrogen and oxygen atoms in total. The molecule has 0 atom stereocenters. The lowest BCUT2D eigenvalue weighted by atomic mass is 10.1. The molecule has 112 valence electrons. The number of H-pyrrole nitrogens is 1. The van der Waals surface area contributed by atoms with E-state index in [0.29, 0.717) is 25.1 Å². The Morgan fingerprint density at radius 3 is 2.68 bits per heavy atom. The van der Waals surface area contributed by atoms with Gasteiger partial charge in [-0.05, 0) is 29.8 Å². The molecule has 0 saturated carbocycles. The lowest BCUT2D eigenvalue weighted by Gasteiger charge is -2.04. The summed E-state index contributed by atoms with van der Waals surface area (Å²) in [5, 5.41) is 2.91. The van der Waals surface area contributed by atoms with Gasteiger partial charge < -0.3 is 16.0 Å². The number of amides is 1. The number of hydrogen-bond acceptors (Lipinski definition) is 3. The van der Waals surface area contributed by atoms with Gasteiger partial charge in [0, 0.05) is 18.7 Å². The molecule has 5 heteroatoms. The number of nitrogens with two attached hydrogens (primary N) is 1. The van der Waals surface area contributed by atoms with Crippen molar-refractivity contribution in [2.75, 3.05) is 12.3 Å². The normalized spacial score (nSPS) is 10.7. The maximum Gasteiger partial charge on any atom is 0.224 e. The van der Waals surface area contributed by atoms with Crippen molar-refractivity contribution in [3.63, 3.8) is 0 Å². The van der Waals surface area contributed by atoms with Gasteiger partial charge in [-0.15, -0.1) is 0 Å². The summed E-state index contributed by atoms with van der Waals surface area (Å²) in [4.78, 5) is 19.6.